The number of hydrogen-bond acceptors (Lipinski definition) is 4. The van der Waals surface area contributed by atoms with Crippen molar-refractivity contribution in [3.63, 3.8) is 0 Å². The van der Waals surface area contributed by atoms with Gasteiger partial charge in [0.05, 0.1) is 11.3 Å². The van der Waals surface area contributed by atoms with Gasteiger partial charge in [-0.05, 0) is 53.1 Å². The van der Waals surface area contributed by atoms with Crippen molar-refractivity contribution >= 4 is 0 Å². The fraction of sp³-hybridized carbons (Fsp3) is 0.316. The summed E-state index contributed by atoms with van der Waals surface area (Å²) < 4.78 is 47.7. The molecule has 0 aliphatic rings. The SMILES string of the molecule is CCc1cccc(-n2nnn(C)c2=O)c1COc1cc(C)ccc1C(F)(F)F. The van der Waals surface area contributed by atoms with Gasteiger partial charge in [0.25, 0.3) is 0 Å². The summed E-state index contributed by atoms with van der Waals surface area (Å²) in [5, 5.41) is 7.52. The molecule has 28 heavy (non-hydrogen) atoms. The van der Waals surface area contributed by atoms with E-state index in [-0.39, 0.29) is 12.4 Å². The zero-order chi connectivity index (χ0) is 20.5. The normalized spacial score (nSPS) is 11.6. The van der Waals surface area contributed by atoms with Crippen LogP contribution in [0.15, 0.2) is 41.2 Å². The van der Waals surface area contributed by atoms with E-state index in [1.165, 1.54) is 19.2 Å². The lowest BCUT2D eigenvalue weighted by molar-refractivity contribution is -0.139. The second-order valence-corrected chi connectivity index (χ2v) is 6.35. The van der Waals surface area contributed by atoms with Gasteiger partial charge in [0.15, 0.2) is 0 Å². The molecule has 1 aromatic heterocycles. The van der Waals surface area contributed by atoms with Crippen LogP contribution in [0.3, 0.4) is 0 Å². The zero-order valence-electron chi connectivity index (χ0n) is 15.6. The fourth-order valence-electron chi connectivity index (χ4n) is 2.92. The van der Waals surface area contributed by atoms with Gasteiger partial charge in [-0.2, -0.15) is 22.5 Å². The van der Waals surface area contributed by atoms with Crippen LogP contribution in [-0.2, 0) is 26.3 Å². The first kappa shape index (κ1) is 19.7. The maximum Gasteiger partial charge on any atom is 0.419 e. The summed E-state index contributed by atoms with van der Waals surface area (Å²) in [5.74, 6) is -0.254. The molecule has 0 saturated carbocycles. The average molecular weight is 392 g/mol. The van der Waals surface area contributed by atoms with Crippen molar-refractivity contribution in [1.29, 1.82) is 0 Å². The van der Waals surface area contributed by atoms with Crippen molar-refractivity contribution in [1.82, 2.24) is 19.8 Å². The molecule has 0 aliphatic carbocycles. The number of halogens is 3. The van der Waals surface area contributed by atoms with Crippen LogP contribution >= 0.6 is 0 Å². The van der Waals surface area contributed by atoms with Crippen molar-refractivity contribution < 1.29 is 17.9 Å². The van der Waals surface area contributed by atoms with Gasteiger partial charge in [0.1, 0.15) is 12.4 Å². The summed E-state index contributed by atoms with van der Waals surface area (Å²) in [6.45, 7) is 3.46. The van der Waals surface area contributed by atoms with Gasteiger partial charge in [-0.3, -0.25) is 0 Å². The Morgan fingerprint density at radius 2 is 1.89 bits per heavy atom. The topological polar surface area (TPSA) is 61.9 Å². The summed E-state index contributed by atoms with van der Waals surface area (Å²) in [4.78, 5) is 12.2. The van der Waals surface area contributed by atoms with E-state index in [2.05, 4.69) is 10.4 Å². The van der Waals surface area contributed by atoms with Crippen LogP contribution in [0.25, 0.3) is 5.69 Å². The third-order valence-electron chi connectivity index (χ3n) is 4.39. The number of ether oxygens (including phenoxy) is 1. The van der Waals surface area contributed by atoms with Crippen molar-refractivity contribution in [2.75, 3.05) is 0 Å². The molecule has 148 valence electrons. The molecule has 3 aromatic rings. The van der Waals surface area contributed by atoms with Gasteiger partial charge in [-0.15, -0.1) is 0 Å². The molecule has 0 saturated heterocycles. The van der Waals surface area contributed by atoms with Crippen LogP contribution in [-0.4, -0.2) is 19.8 Å². The number of alkyl halides is 3. The third-order valence-corrected chi connectivity index (χ3v) is 4.39. The van der Waals surface area contributed by atoms with E-state index in [0.717, 1.165) is 21.0 Å². The Hall–Kier alpha value is -3.10. The molecule has 6 nitrogen and oxygen atoms in total. The Morgan fingerprint density at radius 3 is 2.50 bits per heavy atom. The first-order chi connectivity index (χ1) is 13.2. The Labute approximate surface area is 159 Å². The number of aryl methyl sites for hydroxylation is 3. The minimum atomic E-state index is -4.53. The van der Waals surface area contributed by atoms with E-state index in [4.69, 9.17) is 4.74 Å². The van der Waals surface area contributed by atoms with Crippen molar-refractivity contribution in [3.05, 3.63) is 69.1 Å². The van der Waals surface area contributed by atoms with Crippen LogP contribution in [0.4, 0.5) is 13.2 Å². The second-order valence-electron chi connectivity index (χ2n) is 6.35. The lowest BCUT2D eigenvalue weighted by Gasteiger charge is -2.17. The monoisotopic (exact) mass is 392 g/mol. The summed E-state index contributed by atoms with van der Waals surface area (Å²) in [6.07, 6.45) is -3.92. The maximum absolute atomic E-state index is 13.3. The van der Waals surface area contributed by atoms with Crippen LogP contribution in [0.2, 0.25) is 0 Å². The molecule has 2 aromatic carbocycles. The quantitative estimate of drug-likeness (QED) is 0.667. The Kier molecular flexibility index (Phi) is 5.26. The second kappa shape index (κ2) is 7.49. The van der Waals surface area contributed by atoms with E-state index in [1.807, 2.05) is 13.0 Å². The van der Waals surface area contributed by atoms with E-state index >= 15 is 0 Å². The number of tetrazole rings is 1. The molecule has 0 atom stereocenters. The van der Waals surface area contributed by atoms with Crippen LogP contribution in [0.5, 0.6) is 5.75 Å². The van der Waals surface area contributed by atoms with Crippen LogP contribution < -0.4 is 10.4 Å². The molecule has 1 heterocycles. The molecular weight excluding hydrogens is 373 g/mol. The van der Waals surface area contributed by atoms with E-state index in [0.29, 0.717) is 23.2 Å². The van der Waals surface area contributed by atoms with Gasteiger partial charge in [0, 0.05) is 12.6 Å². The van der Waals surface area contributed by atoms with Gasteiger partial charge >= 0.3 is 11.9 Å². The van der Waals surface area contributed by atoms with E-state index in [1.54, 1.807) is 19.1 Å². The van der Waals surface area contributed by atoms with E-state index in [9.17, 15) is 18.0 Å². The summed E-state index contributed by atoms with van der Waals surface area (Å²) in [5.41, 5.74) is 1.21. The number of benzene rings is 2. The Balaban J connectivity index is 2.04. The van der Waals surface area contributed by atoms with E-state index < -0.39 is 17.4 Å². The predicted molar refractivity (Wildman–Crippen MR) is 96.5 cm³/mol. The largest absolute Gasteiger partial charge is 0.488 e. The average Bonchev–Trinajstić information content (AvgIpc) is 2.97. The standard InChI is InChI=1S/C19H19F3N4O2/c1-4-13-6-5-7-16(26-18(27)25(3)23-24-26)14(13)11-28-17-10-12(2)8-9-15(17)19(20,21)22/h5-10H,4,11H2,1-3H3. The van der Waals surface area contributed by atoms with Gasteiger partial charge < -0.3 is 4.74 Å². The minimum Gasteiger partial charge on any atom is -0.488 e. The van der Waals surface area contributed by atoms with Crippen molar-refractivity contribution in [2.45, 2.75) is 33.1 Å². The highest BCUT2D eigenvalue weighted by molar-refractivity contribution is 5.46. The molecule has 3 rings (SSSR count). The summed E-state index contributed by atoms with van der Waals surface area (Å²) >= 11 is 0. The minimum absolute atomic E-state index is 0.144. The molecule has 0 unspecified atom stereocenters. The molecule has 0 N–H and O–H groups in total. The molecule has 0 fully saturated rings. The molecule has 0 spiro atoms. The number of rotatable bonds is 5. The number of nitrogens with zero attached hydrogens (tertiary/aromatic N) is 4. The van der Waals surface area contributed by atoms with Crippen LogP contribution in [0, 0.1) is 6.92 Å². The summed E-state index contributed by atoms with van der Waals surface area (Å²) in [7, 11) is 1.47. The highest BCUT2D eigenvalue weighted by atomic mass is 19.4. The molecule has 0 amide bonds. The third kappa shape index (κ3) is 3.78. The smallest absolute Gasteiger partial charge is 0.419 e. The highest BCUT2D eigenvalue weighted by Crippen LogP contribution is 2.37. The number of hydrogen-bond donors (Lipinski definition) is 0. The van der Waals surface area contributed by atoms with Crippen LogP contribution in [0.1, 0.15) is 29.2 Å². The summed E-state index contributed by atoms with van der Waals surface area (Å²) in [6, 6.07) is 9.00. The van der Waals surface area contributed by atoms with Gasteiger partial charge in [-0.25, -0.2) is 4.79 Å². The van der Waals surface area contributed by atoms with Crippen molar-refractivity contribution in [3.8, 4) is 11.4 Å². The lowest BCUT2D eigenvalue weighted by atomic mass is 10.0. The first-order valence-electron chi connectivity index (χ1n) is 8.63. The fourth-order valence-corrected chi connectivity index (χ4v) is 2.92. The molecule has 0 aliphatic heterocycles. The predicted octanol–water partition coefficient (Wildman–Crippen LogP) is 3.43. The van der Waals surface area contributed by atoms with Crippen molar-refractivity contribution in [2.24, 2.45) is 7.05 Å². The molecular formula is C19H19F3N4O2. The molecule has 9 heteroatoms. The molecule has 0 radical (unpaired) electrons. The highest BCUT2D eigenvalue weighted by Gasteiger charge is 2.34. The Morgan fingerprint density at radius 1 is 1.14 bits per heavy atom. The maximum atomic E-state index is 13.3. The number of aromatic nitrogens is 4. The Bertz CT molecular complexity index is 1050. The lowest BCUT2D eigenvalue weighted by Crippen LogP contribution is -2.23. The zero-order valence-corrected chi connectivity index (χ0v) is 15.6. The first-order valence-corrected chi connectivity index (χ1v) is 8.63. The molecule has 0 bridgehead atoms. The van der Waals surface area contributed by atoms with Gasteiger partial charge in [0.2, 0.25) is 0 Å². The van der Waals surface area contributed by atoms with Gasteiger partial charge in [-0.1, -0.05) is 25.1 Å².